The second kappa shape index (κ2) is 10.2. The molecule has 2 aliphatic rings. The summed E-state index contributed by atoms with van der Waals surface area (Å²) in [4.78, 5) is 0. The van der Waals surface area contributed by atoms with Crippen molar-refractivity contribution in [3.8, 4) is 0 Å². The molecule has 176 valence electrons. The first-order valence-electron chi connectivity index (χ1n) is 12.1. The van der Waals surface area contributed by atoms with Crippen molar-refractivity contribution in [2.45, 2.75) is 39.3 Å². The van der Waals surface area contributed by atoms with Crippen molar-refractivity contribution in [3.63, 3.8) is 0 Å². The molecule has 1 nitrogen and oxygen atoms in total. The first-order chi connectivity index (χ1) is 16.0. The lowest BCUT2D eigenvalue weighted by Crippen LogP contribution is -3.00. The molecule has 3 aromatic carbocycles. The van der Waals surface area contributed by atoms with E-state index in [-0.39, 0.29) is 22.4 Å². The summed E-state index contributed by atoms with van der Waals surface area (Å²) in [5.74, 6) is 0.502. The molecule has 0 fully saturated rings. The summed E-state index contributed by atoms with van der Waals surface area (Å²) < 4.78 is 5.81. The molecule has 0 aromatic heterocycles. The average Bonchev–Trinajstić information content (AvgIpc) is 2.87. The molecule has 0 N–H and O–H groups in total. The van der Waals surface area contributed by atoms with E-state index >= 15 is 0 Å². The third-order valence-electron chi connectivity index (χ3n) is 7.90. The first kappa shape index (κ1) is 25.0. The molecule has 1 heterocycles. The van der Waals surface area contributed by atoms with Crippen LogP contribution in [-0.4, -0.2) is 12.3 Å². The standard InChI is InChI=1S/C31H34OP.BrH/c1-24(28-19-21-31(2,3)30-23-32-22-20-29(28)30)33(25-13-7-4-8-14-25,26-15-9-5-10-16-26)27-17-11-6-12-18-27;/h4-18,20,22,24,28H,19,21,23H2,1-3H3;1H/q+1;/p-1. The van der Waals surface area contributed by atoms with Gasteiger partial charge in [0.15, 0.2) is 0 Å². The Hall–Kier alpha value is -2.15. The van der Waals surface area contributed by atoms with Crippen LogP contribution in [-0.2, 0) is 4.74 Å². The van der Waals surface area contributed by atoms with E-state index in [9.17, 15) is 0 Å². The monoisotopic (exact) mass is 532 g/mol. The molecule has 1 aliphatic heterocycles. The molecule has 34 heavy (non-hydrogen) atoms. The molecule has 2 unspecified atom stereocenters. The molecule has 0 amide bonds. The van der Waals surface area contributed by atoms with Gasteiger partial charge in [0.1, 0.15) is 29.8 Å². The average molecular weight is 533 g/mol. The fourth-order valence-corrected chi connectivity index (χ4v) is 11.2. The molecule has 2 atom stereocenters. The lowest BCUT2D eigenvalue weighted by atomic mass is 9.67. The smallest absolute Gasteiger partial charge is 0.115 e. The normalized spacial score (nSPS) is 20.0. The molecule has 0 saturated carbocycles. The number of benzene rings is 3. The van der Waals surface area contributed by atoms with E-state index in [1.165, 1.54) is 39.9 Å². The molecule has 3 aromatic rings. The molecule has 0 bridgehead atoms. The quantitative estimate of drug-likeness (QED) is 0.456. The lowest BCUT2D eigenvalue weighted by Gasteiger charge is -2.44. The third kappa shape index (κ3) is 4.21. The van der Waals surface area contributed by atoms with E-state index in [4.69, 9.17) is 4.74 Å². The Morgan fingerprint density at radius 2 is 1.26 bits per heavy atom. The van der Waals surface area contributed by atoms with Crippen LogP contribution in [0.25, 0.3) is 0 Å². The van der Waals surface area contributed by atoms with E-state index in [0.29, 0.717) is 11.6 Å². The van der Waals surface area contributed by atoms with Crippen LogP contribution in [0.5, 0.6) is 0 Å². The zero-order valence-corrected chi connectivity index (χ0v) is 22.8. The summed E-state index contributed by atoms with van der Waals surface area (Å²) in [6.45, 7) is 8.03. The Labute approximate surface area is 216 Å². The maximum absolute atomic E-state index is 5.81. The zero-order chi connectivity index (χ0) is 22.9. The number of hydrogen-bond acceptors (Lipinski definition) is 1. The van der Waals surface area contributed by atoms with Crippen LogP contribution in [0.1, 0.15) is 33.6 Å². The van der Waals surface area contributed by atoms with Crippen molar-refractivity contribution >= 4 is 23.2 Å². The largest absolute Gasteiger partial charge is 1.00 e. The highest BCUT2D eigenvalue weighted by atomic mass is 79.9. The summed E-state index contributed by atoms with van der Waals surface area (Å²) in [5.41, 5.74) is 3.69. The van der Waals surface area contributed by atoms with Crippen LogP contribution in [0.15, 0.2) is 114 Å². The Kier molecular flexibility index (Phi) is 7.51. The van der Waals surface area contributed by atoms with Gasteiger partial charge in [0, 0.05) is 5.92 Å². The number of allylic oxidation sites excluding steroid dienone is 2. The Bertz CT molecular complexity index is 1060. The van der Waals surface area contributed by atoms with Crippen molar-refractivity contribution in [2.24, 2.45) is 11.3 Å². The third-order valence-corrected chi connectivity index (χ3v) is 12.8. The summed E-state index contributed by atoms with van der Waals surface area (Å²) in [6, 6.07) is 33.9. The van der Waals surface area contributed by atoms with Gasteiger partial charge in [-0.2, -0.15) is 0 Å². The minimum Gasteiger partial charge on any atom is -1.00 e. The molecular formula is C31H34BrOP. The van der Waals surface area contributed by atoms with Crippen LogP contribution in [0.4, 0.5) is 0 Å². The summed E-state index contributed by atoms with van der Waals surface area (Å²) >= 11 is 0. The first-order valence-corrected chi connectivity index (χ1v) is 14.0. The van der Waals surface area contributed by atoms with Crippen molar-refractivity contribution in [1.29, 1.82) is 0 Å². The van der Waals surface area contributed by atoms with Crippen LogP contribution >= 0.6 is 7.26 Å². The summed E-state index contributed by atoms with van der Waals surface area (Å²) in [7, 11) is -1.93. The van der Waals surface area contributed by atoms with Crippen LogP contribution in [0.2, 0.25) is 0 Å². The molecule has 3 heteroatoms. The number of ether oxygens (including phenoxy) is 1. The second-order valence-corrected chi connectivity index (χ2v) is 13.9. The SMILES string of the molecule is CC(C1CCC(C)(C)C2=C1C=COC2)[P+](c1ccccc1)(c1ccccc1)c1ccccc1.[Br-]. The molecule has 0 radical (unpaired) electrons. The molecule has 0 spiro atoms. The van der Waals surface area contributed by atoms with E-state index in [2.05, 4.69) is 118 Å². The fraction of sp³-hybridized carbons (Fsp3) is 0.290. The number of halogens is 1. The van der Waals surface area contributed by atoms with Crippen molar-refractivity contribution < 1.29 is 21.7 Å². The fourth-order valence-electron chi connectivity index (χ4n) is 6.11. The highest BCUT2D eigenvalue weighted by molar-refractivity contribution is 7.96. The van der Waals surface area contributed by atoms with E-state index in [1.54, 1.807) is 0 Å². The minimum absolute atomic E-state index is 0. The maximum Gasteiger partial charge on any atom is 0.115 e. The Morgan fingerprint density at radius 3 is 1.74 bits per heavy atom. The lowest BCUT2D eigenvalue weighted by molar-refractivity contribution is -0.00000744. The Balaban J connectivity index is 0.00000274. The zero-order valence-electron chi connectivity index (χ0n) is 20.3. The van der Waals surface area contributed by atoms with Crippen molar-refractivity contribution in [3.05, 3.63) is 114 Å². The van der Waals surface area contributed by atoms with Crippen molar-refractivity contribution in [2.75, 3.05) is 6.61 Å². The van der Waals surface area contributed by atoms with Gasteiger partial charge in [0.05, 0.1) is 11.9 Å². The van der Waals surface area contributed by atoms with Gasteiger partial charge in [0.25, 0.3) is 0 Å². The Morgan fingerprint density at radius 1 is 0.794 bits per heavy atom. The van der Waals surface area contributed by atoms with Gasteiger partial charge in [-0.1, -0.05) is 68.4 Å². The molecule has 1 aliphatic carbocycles. The predicted octanol–water partition coefficient (Wildman–Crippen LogP) is 3.65. The minimum atomic E-state index is -1.93. The molecule has 5 rings (SSSR count). The van der Waals surface area contributed by atoms with Gasteiger partial charge in [-0.05, 0) is 78.8 Å². The van der Waals surface area contributed by atoms with Crippen LogP contribution in [0.3, 0.4) is 0 Å². The second-order valence-electron chi connectivity index (χ2n) is 10.0. The number of hydrogen-bond donors (Lipinski definition) is 0. The van der Waals surface area contributed by atoms with Gasteiger partial charge in [-0.15, -0.1) is 0 Å². The highest BCUT2D eigenvalue weighted by Crippen LogP contribution is 2.64. The van der Waals surface area contributed by atoms with E-state index < -0.39 is 7.26 Å². The van der Waals surface area contributed by atoms with Gasteiger partial charge in [-0.25, -0.2) is 0 Å². The predicted molar refractivity (Wildman–Crippen MR) is 143 cm³/mol. The summed E-state index contributed by atoms with van der Waals surface area (Å²) in [6.07, 6.45) is 6.62. The van der Waals surface area contributed by atoms with Gasteiger partial charge in [0.2, 0.25) is 0 Å². The van der Waals surface area contributed by atoms with Crippen LogP contribution < -0.4 is 32.9 Å². The van der Waals surface area contributed by atoms with E-state index in [0.717, 1.165) is 6.61 Å². The summed E-state index contributed by atoms with van der Waals surface area (Å²) in [5, 5.41) is 4.41. The topological polar surface area (TPSA) is 9.23 Å². The highest BCUT2D eigenvalue weighted by Gasteiger charge is 2.54. The van der Waals surface area contributed by atoms with E-state index in [1.807, 2.05) is 6.26 Å². The van der Waals surface area contributed by atoms with Crippen LogP contribution in [0, 0.1) is 11.3 Å². The van der Waals surface area contributed by atoms with Crippen molar-refractivity contribution in [1.82, 2.24) is 0 Å². The van der Waals surface area contributed by atoms with Gasteiger partial charge in [-0.3, -0.25) is 0 Å². The van der Waals surface area contributed by atoms with Gasteiger partial charge >= 0.3 is 0 Å². The molecular weight excluding hydrogens is 499 g/mol. The number of rotatable bonds is 5. The van der Waals surface area contributed by atoms with Gasteiger partial charge < -0.3 is 21.7 Å². The molecule has 0 saturated heterocycles. The maximum atomic E-state index is 5.81.